The average molecular weight is 497 g/mol. The molecule has 7 nitrogen and oxygen atoms in total. The number of carbonyl (C=O) groups is 2. The van der Waals surface area contributed by atoms with E-state index >= 15 is 0 Å². The Bertz CT molecular complexity index is 1490. The number of nitrogens with zero attached hydrogens (tertiary/aromatic N) is 2. The monoisotopic (exact) mass is 496 g/mol. The quantitative estimate of drug-likeness (QED) is 0.390. The standard InChI is InChI=1S/C25H22F2N4O3S/c1-13(2)15-4-7-17(8-5-15)29-20(32)11-31-12-28-24-21(25(31)34)14(3)22(35-24)23(33)30-19-9-6-16(26)10-18(19)27/h4-10,12-13H,11H2,1-3H3,(H,29,32)(H,30,33). The molecule has 0 atom stereocenters. The van der Waals surface area contributed by atoms with Crippen LogP contribution in [0.25, 0.3) is 10.2 Å². The van der Waals surface area contributed by atoms with Gasteiger partial charge < -0.3 is 10.6 Å². The molecule has 180 valence electrons. The van der Waals surface area contributed by atoms with Crippen LogP contribution in [0.3, 0.4) is 0 Å². The number of hydrogen-bond donors (Lipinski definition) is 2. The molecule has 2 aromatic heterocycles. The van der Waals surface area contributed by atoms with Gasteiger partial charge >= 0.3 is 0 Å². The van der Waals surface area contributed by atoms with Crippen LogP contribution in [0.5, 0.6) is 0 Å². The molecule has 2 amide bonds. The first kappa shape index (κ1) is 24.2. The second-order valence-corrected chi connectivity index (χ2v) is 9.32. The van der Waals surface area contributed by atoms with Gasteiger partial charge in [-0.3, -0.25) is 19.0 Å². The second-order valence-electron chi connectivity index (χ2n) is 8.32. The number of amides is 2. The minimum atomic E-state index is -0.914. The molecule has 0 radical (unpaired) electrons. The van der Waals surface area contributed by atoms with Gasteiger partial charge in [0.2, 0.25) is 5.91 Å². The molecule has 0 aliphatic rings. The first-order valence-corrected chi connectivity index (χ1v) is 11.6. The maximum absolute atomic E-state index is 13.9. The van der Waals surface area contributed by atoms with Crippen LogP contribution >= 0.6 is 11.3 Å². The third kappa shape index (κ3) is 5.12. The Morgan fingerprint density at radius 2 is 1.80 bits per heavy atom. The van der Waals surface area contributed by atoms with Gasteiger partial charge in [0.25, 0.3) is 11.5 Å². The van der Waals surface area contributed by atoms with E-state index < -0.39 is 29.0 Å². The molecule has 0 bridgehead atoms. The molecule has 2 N–H and O–H groups in total. The summed E-state index contributed by atoms with van der Waals surface area (Å²) in [5.74, 6) is -2.36. The van der Waals surface area contributed by atoms with E-state index in [2.05, 4.69) is 29.5 Å². The van der Waals surface area contributed by atoms with Crippen molar-refractivity contribution >= 4 is 44.7 Å². The van der Waals surface area contributed by atoms with Gasteiger partial charge in [0, 0.05) is 11.8 Å². The molecule has 35 heavy (non-hydrogen) atoms. The highest BCUT2D eigenvalue weighted by molar-refractivity contribution is 7.20. The number of fused-ring (bicyclic) bond motifs is 1. The van der Waals surface area contributed by atoms with Crippen LogP contribution in [0.4, 0.5) is 20.2 Å². The van der Waals surface area contributed by atoms with Crippen molar-refractivity contribution < 1.29 is 18.4 Å². The zero-order valence-corrected chi connectivity index (χ0v) is 20.0. The van der Waals surface area contributed by atoms with E-state index in [0.717, 1.165) is 29.0 Å². The number of aromatic nitrogens is 2. The number of nitrogens with one attached hydrogen (secondary N) is 2. The van der Waals surface area contributed by atoms with Crippen LogP contribution in [0, 0.1) is 18.6 Å². The molecule has 2 heterocycles. The van der Waals surface area contributed by atoms with Crippen LogP contribution in [-0.4, -0.2) is 21.4 Å². The van der Waals surface area contributed by atoms with Crippen molar-refractivity contribution in [1.82, 2.24) is 9.55 Å². The molecule has 4 rings (SSSR count). The van der Waals surface area contributed by atoms with Crippen molar-refractivity contribution in [2.24, 2.45) is 0 Å². The first-order chi connectivity index (χ1) is 16.6. The lowest BCUT2D eigenvalue weighted by Gasteiger charge is -2.09. The fourth-order valence-electron chi connectivity index (χ4n) is 3.56. The van der Waals surface area contributed by atoms with Gasteiger partial charge in [-0.1, -0.05) is 26.0 Å². The van der Waals surface area contributed by atoms with E-state index in [4.69, 9.17) is 0 Å². The molecule has 2 aromatic carbocycles. The fraction of sp³-hybridized carbons (Fsp3) is 0.200. The summed E-state index contributed by atoms with van der Waals surface area (Å²) in [4.78, 5) is 43.0. The lowest BCUT2D eigenvalue weighted by atomic mass is 10.0. The Labute approximate surface area is 203 Å². The number of aryl methyl sites for hydroxylation is 1. The van der Waals surface area contributed by atoms with Crippen LogP contribution in [-0.2, 0) is 11.3 Å². The molecule has 4 aromatic rings. The molecular formula is C25H22F2N4O3S. The topological polar surface area (TPSA) is 93.1 Å². The minimum absolute atomic E-state index is 0.167. The molecule has 0 unspecified atom stereocenters. The molecule has 0 aliphatic heterocycles. The van der Waals surface area contributed by atoms with E-state index in [1.54, 1.807) is 19.1 Å². The second kappa shape index (κ2) is 9.75. The van der Waals surface area contributed by atoms with Crippen LogP contribution in [0.2, 0.25) is 0 Å². The SMILES string of the molecule is Cc1c(C(=O)Nc2ccc(F)cc2F)sc2ncn(CC(=O)Nc3ccc(C(C)C)cc3)c(=O)c12. The largest absolute Gasteiger partial charge is 0.325 e. The molecule has 0 saturated carbocycles. The number of rotatable bonds is 6. The van der Waals surface area contributed by atoms with E-state index in [0.29, 0.717) is 28.1 Å². The van der Waals surface area contributed by atoms with Crippen LogP contribution in [0.15, 0.2) is 53.6 Å². The summed E-state index contributed by atoms with van der Waals surface area (Å²) < 4.78 is 28.2. The number of halogens is 2. The van der Waals surface area contributed by atoms with Crippen LogP contribution < -0.4 is 16.2 Å². The third-order valence-corrected chi connectivity index (χ3v) is 6.68. The zero-order chi connectivity index (χ0) is 25.3. The van der Waals surface area contributed by atoms with Gasteiger partial charge in [-0.25, -0.2) is 13.8 Å². The summed E-state index contributed by atoms with van der Waals surface area (Å²) in [6, 6.07) is 10.3. The van der Waals surface area contributed by atoms with Crippen molar-refractivity contribution in [1.29, 1.82) is 0 Å². The van der Waals surface area contributed by atoms with Crippen LogP contribution in [0.1, 0.15) is 40.6 Å². The Morgan fingerprint density at radius 1 is 1.09 bits per heavy atom. The lowest BCUT2D eigenvalue weighted by Crippen LogP contribution is -2.28. The summed E-state index contributed by atoms with van der Waals surface area (Å²) in [6.07, 6.45) is 1.25. The number of carbonyl (C=O) groups excluding carboxylic acids is 2. The normalized spacial score (nSPS) is 11.1. The number of benzene rings is 2. The fourth-order valence-corrected chi connectivity index (χ4v) is 4.60. The van der Waals surface area contributed by atoms with E-state index in [-0.39, 0.29) is 22.5 Å². The van der Waals surface area contributed by atoms with Gasteiger partial charge in [-0.05, 0) is 48.2 Å². The summed E-state index contributed by atoms with van der Waals surface area (Å²) in [7, 11) is 0. The smallest absolute Gasteiger partial charge is 0.266 e. The van der Waals surface area contributed by atoms with Crippen molar-refractivity contribution in [2.75, 3.05) is 10.6 Å². The highest BCUT2D eigenvalue weighted by Gasteiger charge is 2.21. The molecule has 0 fully saturated rings. The predicted molar refractivity (Wildman–Crippen MR) is 132 cm³/mol. The Balaban J connectivity index is 1.54. The summed E-state index contributed by atoms with van der Waals surface area (Å²) in [5.41, 5.74) is 1.46. The molecule has 0 spiro atoms. The van der Waals surface area contributed by atoms with E-state index in [1.165, 1.54) is 10.9 Å². The zero-order valence-electron chi connectivity index (χ0n) is 19.2. The average Bonchev–Trinajstić information content (AvgIpc) is 3.15. The molecular weight excluding hydrogens is 474 g/mol. The molecule has 0 saturated heterocycles. The van der Waals surface area contributed by atoms with Crippen molar-refractivity contribution in [2.45, 2.75) is 33.2 Å². The van der Waals surface area contributed by atoms with E-state index in [1.807, 2.05) is 12.1 Å². The highest BCUT2D eigenvalue weighted by Crippen LogP contribution is 2.28. The maximum Gasteiger partial charge on any atom is 0.266 e. The number of hydrogen-bond acceptors (Lipinski definition) is 5. The summed E-state index contributed by atoms with van der Waals surface area (Å²) in [5, 5.41) is 5.35. The van der Waals surface area contributed by atoms with Crippen molar-refractivity contribution in [3.63, 3.8) is 0 Å². The minimum Gasteiger partial charge on any atom is -0.325 e. The van der Waals surface area contributed by atoms with Gasteiger partial charge in [0.05, 0.1) is 22.3 Å². The van der Waals surface area contributed by atoms with Gasteiger partial charge in [-0.15, -0.1) is 11.3 Å². The summed E-state index contributed by atoms with van der Waals surface area (Å²) >= 11 is 0.975. The van der Waals surface area contributed by atoms with Gasteiger partial charge in [0.15, 0.2) is 0 Å². The number of anilines is 2. The maximum atomic E-state index is 13.9. The Morgan fingerprint density at radius 3 is 2.46 bits per heavy atom. The summed E-state index contributed by atoms with van der Waals surface area (Å²) in [6.45, 7) is 5.47. The highest BCUT2D eigenvalue weighted by atomic mass is 32.1. The number of thiophene rings is 1. The first-order valence-electron chi connectivity index (χ1n) is 10.8. The Hall–Kier alpha value is -3.92. The lowest BCUT2D eigenvalue weighted by molar-refractivity contribution is -0.116. The Kier molecular flexibility index (Phi) is 6.74. The predicted octanol–water partition coefficient (Wildman–Crippen LogP) is 5.06. The third-order valence-electron chi connectivity index (χ3n) is 5.48. The van der Waals surface area contributed by atoms with E-state index in [9.17, 15) is 23.2 Å². The van der Waals surface area contributed by atoms with Gasteiger partial charge in [-0.2, -0.15) is 0 Å². The molecule has 0 aliphatic carbocycles. The van der Waals surface area contributed by atoms with Crippen molar-refractivity contribution in [3.05, 3.63) is 86.8 Å². The van der Waals surface area contributed by atoms with Gasteiger partial charge in [0.1, 0.15) is 23.0 Å². The molecule has 10 heteroatoms. The van der Waals surface area contributed by atoms with Crippen molar-refractivity contribution in [3.8, 4) is 0 Å².